The number of hydrogen-bond acceptors (Lipinski definition) is 5. The molecule has 142 valence electrons. The molecule has 0 aliphatic carbocycles. The molecule has 1 aliphatic heterocycles. The third-order valence-corrected chi connectivity index (χ3v) is 4.24. The third-order valence-electron chi connectivity index (χ3n) is 4.24. The van der Waals surface area contributed by atoms with Crippen LogP contribution in [0.4, 0.5) is 4.79 Å². The average molecular weight is 371 g/mol. The van der Waals surface area contributed by atoms with Crippen LogP contribution in [-0.4, -0.2) is 42.2 Å². The summed E-state index contributed by atoms with van der Waals surface area (Å²) in [5.74, 6) is -1.13. The van der Waals surface area contributed by atoms with Crippen molar-refractivity contribution in [1.29, 1.82) is 0 Å². The van der Waals surface area contributed by atoms with E-state index in [9.17, 15) is 14.4 Å². The Balaban J connectivity index is 1.80. The van der Waals surface area contributed by atoms with Crippen molar-refractivity contribution in [3.05, 3.63) is 47.3 Å². The summed E-state index contributed by atoms with van der Waals surface area (Å²) >= 11 is 0. The minimum absolute atomic E-state index is 0.203. The van der Waals surface area contributed by atoms with Crippen molar-refractivity contribution in [1.82, 2.24) is 15.6 Å². The average Bonchev–Trinajstić information content (AvgIpc) is 3.10. The van der Waals surface area contributed by atoms with Gasteiger partial charge in [-0.2, -0.15) is 0 Å². The molecule has 1 aliphatic rings. The maximum absolute atomic E-state index is 12.4. The van der Waals surface area contributed by atoms with Crippen molar-refractivity contribution in [2.45, 2.75) is 26.3 Å². The molecule has 2 aromatic rings. The van der Waals surface area contributed by atoms with Crippen molar-refractivity contribution in [2.75, 3.05) is 13.2 Å². The van der Waals surface area contributed by atoms with Gasteiger partial charge in [0.25, 0.3) is 0 Å². The lowest BCUT2D eigenvalue weighted by Crippen LogP contribution is -2.51. The number of aromatic nitrogens is 1. The fourth-order valence-electron chi connectivity index (χ4n) is 2.97. The van der Waals surface area contributed by atoms with Gasteiger partial charge in [0.05, 0.1) is 23.9 Å². The predicted octanol–water partition coefficient (Wildman–Crippen LogP) is 2.23. The summed E-state index contributed by atoms with van der Waals surface area (Å²) in [7, 11) is 0. The number of fused-ring (bicyclic) bond motifs is 1. The van der Waals surface area contributed by atoms with E-state index in [4.69, 9.17) is 9.47 Å². The maximum atomic E-state index is 12.4. The van der Waals surface area contributed by atoms with Crippen molar-refractivity contribution in [3.63, 3.8) is 0 Å². The molecule has 3 N–H and O–H groups in total. The van der Waals surface area contributed by atoms with Gasteiger partial charge in [-0.05, 0) is 25.5 Å². The molecule has 2 amide bonds. The fourth-order valence-corrected chi connectivity index (χ4v) is 2.97. The van der Waals surface area contributed by atoms with Gasteiger partial charge in [-0.1, -0.05) is 25.1 Å². The van der Waals surface area contributed by atoms with E-state index in [0.29, 0.717) is 12.1 Å². The standard InChI is InChI=1S/C19H21N3O5/c1-3-12-16(18(24)26-4-2)15(22-19(25)21-12)10-27-17(23)14-9-11-7-5-6-8-13(11)20-14/h5-9,12,20H,3-4,10H2,1-2H3,(H2,21,22,25)/t12-/m1/s1. The number of esters is 2. The Bertz CT molecular complexity index is 882. The summed E-state index contributed by atoms with van der Waals surface area (Å²) in [5, 5.41) is 6.10. The highest BCUT2D eigenvalue weighted by molar-refractivity contribution is 5.96. The van der Waals surface area contributed by atoms with Gasteiger partial charge in [-0.15, -0.1) is 0 Å². The van der Waals surface area contributed by atoms with Crippen LogP contribution in [0.1, 0.15) is 30.8 Å². The van der Waals surface area contributed by atoms with Crippen LogP contribution in [0, 0.1) is 0 Å². The smallest absolute Gasteiger partial charge is 0.355 e. The predicted molar refractivity (Wildman–Crippen MR) is 98.0 cm³/mol. The van der Waals surface area contributed by atoms with E-state index in [0.717, 1.165) is 10.9 Å². The van der Waals surface area contributed by atoms with Gasteiger partial charge in [0, 0.05) is 10.9 Å². The van der Waals surface area contributed by atoms with Gasteiger partial charge in [0.15, 0.2) is 0 Å². The molecule has 0 unspecified atom stereocenters. The zero-order valence-electron chi connectivity index (χ0n) is 15.1. The molecule has 0 bridgehead atoms. The molecular formula is C19H21N3O5. The molecule has 3 rings (SSSR count). The Labute approximate surface area is 155 Å². The molecule has 1 aromatic heterocycles. The second kappa shape index (κ2) is 7.94. The first-order valence-corrected chi connectivity index (χ1v) is 8.76. The number of aromatic amines is 1. The maximum Gasteiger partial charge on any atom is 0.355 e. The van der Waals surface area contributed by atoms with E-state index < -0.39 is 24.0 Å². The van der Waals surface area contributed by atoms with Crippen LogP contribution in [0.2, 0.25) is 0 Å². The molecule has 1 atom stereocenters. The van der Waals surface area contributed by atoms with Crippen molar-refractivity contribution in [2.24, 2.45) is 0 Å². The van der Waals surface area contributed by atoms with E-state index in [1.807, 2.05) is 31.2 Å². The molecule has 8 heteroatoms. The van der Waals surface area contributed by atoms with Crippen LogP contribution in [0.25, 0.3) is 10.9 Å². The summed E-state index contributed by atoms with van der Waals surface area (Å²) in [6, 6.07) is 8.20. The van der Waals surface area contributed by atoms with Gasteiger partial charge < -0.3 is 25.1 Å². The Morgan fingerprint density at radius 3 is 2.59 bits per heavy atom. The van der Waals surface area contributed by atoms with Crippen LogP contribution in [0.15, 0.2) is 41.6 Å². The first kappa shape index (κ1) is 18.5. The molecule has 27 heavy (non-hydrogen) atoms. The molecule has 8 nitrogen and oxygen atoms in total. The minimum Gasteiger partial charge on any atom is -0.463 e. The van der Waals surface area contributed by atoms with E-state index in [-0.39, 0.29) is 24.5 Å². The van der Waals surface area contributed by atoms with Crippen molar-refractivity contribution >= 4 is 28.9 Å². The number of para-hydroxylation sites is 1. The molecule has 0 spiro atoms. The summed E-state index contributed by atoms with van der Waals surface area (Å²) in [5.41, 5.74) is 1.61. The SMILES string of the molecule is CCOC(=O)C1=C(COC(=O)c2cc3ccccc3[nH]2)NC(=O)N[C@@H]1CC. The second-order valence-electron chi connectivity index (χ2n) is 6.02. The lowest BCUT2D eigenvalue weighted by molar-refractivity contribution is -0.139. The summed E-state index contributed by atoms with van der Waals surface area (Å²) < 4.78 is 10.4. The van der Waals surface area contributed by atoms with Crippen LogP contribution >= 0.6 is 0 Å². The van der Waals surface area contributed by atoms with Crippen molar-refractivity contribution in [3.8, 4) is 0 Å². The fraction of sp³-hybridized carbons (Fsp3) is 0.316. The van der Waals surface area contributed by atoms with Gasteiger partial charge in [0.2, 0.25) is 0 Å². The molecule has 0 saturated carbocycles. The van der Waals surface area contributed by atoms with Gasteiger partial charge in [0.1, 0.15) is 12.3 Å². The number of rotatable bonds is 6. The lowest BCUT2D eigenvalue weighted by atomic mass is 10.0. The first-order chi connectivity index (χ1) is 13.0. The molecule has 1 aromatic carbocycles. The Morgan fingerprint density at radius 1 is 1.11 bits per heavy atom. The number of carbonyl (C=O) groups excluding carboxylic acids is 3. The number of urea groups is 1. The van der Waals surface area contributed by atoms with Crippen LogP contribution < -0.4 is 10.6 Å². The second-order valence-corrected chi connectivity index (χ2v) is 6.02. The van der Waals surface area contributed by atoms with E-state index in [1.54, 1.807) is 13.0 Å². The number of benzene rings is 1. The highest BCUT2D eigenvalue weighted by atomic mass is 16.5. The zero-order chi connectivity index (χ0) is 19.4. The normalized spacial score (nSPS) is 16.7. The quantitative estimate of drug-likeness (QED) is 0.675. The van der Waals surface area contributed by atoms with Gasteiger partial charge in [-0.3, -0.25) is 0 Å². The summed E-state index contributed by atoms with van der Waals surface area (Å²) in [6.45, 7) is 3.49. The lowest BCUT2D eigenvalue weighted by Gasteiger charge is -2.28. The Hall–Kier alpha value is -3.29. The number of hydrogen-bond donors (Lipinski definition) is 3. The molecule has 0 radical (unpaired) electrons. The topological polar surface area (TPSA) is 110 Å². The molecule has 2 heterocycles. The zero-order valence-corrected chi connectivity index (χ0v) is 15.1. The molecular weight excluding hydrogens is 350 g/mol. The molecule has 0 fully saturated rings. The summed E-state index contributed by atoms with van der Waals surface area (Å²) in [4.78, 5) is 39.5. The van der Waals surface area contributed by atoms with Crippen molar-refractivity contribution < 1.29 is 23.9 Å². The number of amides is 2. The largest absolute Gasteiger partial charge is 0.463 e. The third kappa shape index (κ3) is 3.94. The molecule has 0 saturated heterocycles. The Morgan fingerprint density at radius 2 is 1.89 bits per heavy atom. The number of carbonyl (C=O) groups is 3. The van der Waals surface area contributed by atoms with Crippen LogP contribution in [-0.2, 0) is 14.3 Å². The summed E-state index contributed by atoms with van der Waals surface area (Å²) in [6.07, 6.45) is 0.501. The Kier molecular flexibility index (Phi) is 5.44. The van der Waals surface area contributed by atoms with E-state index in [1.165, 1.54) is 0 Å². The van der Waals surface area contributed by atoms with Crippen LogP contribution in [0.5, 0.6) is 0 Å². The number of ether oxygens (including phenoxy) is 2. The van der Waals surface area contributed by atoms with Crippen LogP contribution in [0.3, 0.4) is 0 Å². The monoisotopic (exact) mass is 371 g/mol. The number of H-pyrrole nitrogens is 1. The first-order valence-electron chi connectivity index (χ1n) is 8.76. The van der Waals surface area contributed by atoms with E-state index in [2.05, 4.69) is 15.6 Å². The van der Waals surface area contributed by atoms with Gasteiger partial charge in [-0.25, -0.2) is 14.4 Å². The highest BCUT2D eigenvalue weighted by Gasteiger charge is 2.32. The number of nitrogens with one attached hydrogen (secondary N) is 3. The highest BCUT2D eigenvalue weighted by Crippen LogP contribution is 2.19. The van der Waals surface area contributed by atoms with Gasteiger partial charge >= 0.3 is 18.0 Å². The minimum atomic E-state index is -0.581. The van der Waals surface area contributed by atoms with E-state index >= 15 is 0 Å².